The lowest BCUT2D eigenvalue weighted by Gasteiger charge is -2.30. The Morgan fingerprint density at radius 3 is 2.31 bits per heavy atom. The molecule has 1 aliphatic heterocycles. The molecule has 0 saturated heterocycles. The van der Waals surface area contributed by atoms with Crippen molar-refractivity contribution in [2.75, 3.05) is 17.2 Å². The van der Waals surface area contributed by atoms with Gasteiger partial charge in [-0.3, -0.25) is 14.7 Å². The fourth-order valence-corrected chi connectivity index (χ4v) is 3.00. The summed E-state index contributed by atoms with van der Waals surface area (Å²) in [6.07, 6.45) is 0.157. The summed E-state index contributed by atoms with van der Waals surface area (Å²) >= 11 is 0. The summed E-state index contributed by atoms with van der Waals surface area (Å²) in [5, 5.41) is 12.5. The van der Waals surface area contributed by atoms with Crippen LogP contribution < -0.4 is 10.6 Å². The molecule has 0 saturated carbocycles. The molecule has 2 heterocycles. The van der Waals surface area contributed by atoms with Crippen LogP contribution in [0, 0.1) is 0 Å². The predicted octanol–water partition coefficient (Wildman–Crippen LogP) is 2.91. The number of hydrogen-bond acceptors (Lipinski definition) is 5. The minimum absolute atomic E-state index is 0.167. The molecule has 154 valence electrons. The SMILES string of the molecule is CC(=O)Nc1ccc(NC(=O)c2n[nH]c3c2CN(C(=O)OC(C)(C)C)CC3)cc1. The molecule has 9 heteroatoms. The highest BCUT2D eigenvalue weighted by Crippen LogP contribution is 2.23. The lowest BCUT2D eigenvalue weighted by atomic mass is 10.1. The summed E-state index contributed by atoms with van der Waals surface area (Å²) in [6.45, 7) is 7.62. The Labute approximate surface area is 168 Å². The minimum Gasteiger partial charge on any atom is -0.444 e. The van der Waals surface area contributed by atoms with Gasteiger partial charge in [-0.25, -0.2) is 4.79 Å². The molecular weight excluding hydrogens is 374 g/mol. The number of nitrogens with one attached hydrogen (secondary N) is 3. The molecule has 2 aromatic rings. The first-order valence-corrected chi connectivity index (χ1v) is 9.35. The van der Waals surface area contributed by atoms with Crippen molar-refractivity contribution in [1.29, 1.82) is 0 Å². The van der Waals surface area contributed by atoms with Gasteiger partial charge in [-0.1, -0.05) is 0 Å². The molecule has 9 nitrogen and oxygen atoms in total. The quantitative estimate of drug-likeness (QED) is 0.734. The molecule has 1 aliphatic rings. The highest BCUT2D eigenvalue weighted by atomic mass is 16.6. The average Bonchev–Trinajstić information content (AvgIpc) is 3.04. The van der Waals surface area contributed by atoms with Crippen molar-refractivity contribution in [3.63, 3.8) is 0 Å². The number of fused-ring (bicyclic) bond motifs is 1. The monoisotopic (exact) mass is 399 g/mol. The van der Waals surface area contributed by atoms with Gasteiger partial charge >= 0.3 is 6.09 Å². The number of rotatable bonds is 3. The van der Waals surface area contributed by atoms with Gasteiger partial charge in [-0.15, -0.1) is 0 Å². The van der Waals surface area contributed by atoms with Crippen molar-refractivity contribution in [3.8, 4) is 0 Å². The number of carbonyl (C=O) groups excluding carboxylic acids is 3. The normalized spacial score (nSPS) is 13.4. The Morgan fingerprint density at radius 1 is 1.10 bits per heavy atom. The zero-order valence-corrected chi connectivity index (χ0v) is 17.0. The van der Waals surface area contributed by atoms with E-state index >= 15 is 0 Å². The Kier molecular flexibility index (Phi) is 5.58. The second-order valence-corrected chi connectivity index (χ2v) is 7.89. The number of ether oxygens (including phenoxy) is 1. The number of aromatic nitrogens is 2. The standard InChI is InChI=1S/C20H25N5O4/c1-12(26)21-13-5-7-14(8-6-13)22-18(27)17-15-11-25(10-9-16(15)23-24-17)19(28)29-20(2,3)4/h5-8H,9-11H2,1-4H3,(H,21,26)(H,22,27)(H,23,24). The molecule has 29 heavy (non-hydrogen) atoms. The Morgan fingerprint density at radius 2 is 1.72 bits per heavy atom. The van der Waals surface area contributed by atoms with Crippen molar-refractivity contribution in [2.24, 2.45) is 0 Å². The van der Waals surface area contributed by atoms with Crippen LogP contribution in [0.25, 0.3) is 0 Å². The minimum atomic E-state index is -0.586. The molecule has 3 rings (SSSR count). The first-order chi connectivity index (χ1) is 13.6. The highest BCUT2D eigenvalue weighted by molar-refractivity contribution is 6.04. The maximum absolute atomic E-state index is 12.7. The second kappa shape index (κ2) is 7.94. The molecule has 3 N–H and O–H groups in total. The van der Waals surface area contributed by atoms with E-state index in [9.17, 15) is 14.4 Å². The number of aromatic amines is 1. The van der Waals surface area contributed by atoms with Gasteiger partial charge in [0, 0.05) is 42.5 Å². The number of amides is 3. The first kappa shape index (κ1) is 20.4. The van der Waals surface area contributed by atoms with E-state index in [1.165, 1.54) is 6.92 Å². The van der Waals surface area contributed by atoms with Gasteiger partial charge in [0.1, 0.15) is 5.60 Å². The predicted molar refractivity (Wildman–Crippen MR) is 108 cm³/mol. The molecule has 0 fully saturated rings. The van der Waals surface area contributed by atoms with E-state index in [-0.39, 0.29) is 24.1 Å². The highest BCUT2D eigenvalue weighted by Gasteiger charge is 2.30. The summed E-state index contributed by atoms with van der Waals surface area (Å²) in [4.78, 5) is 37.7. The van der Waals surface area contributed by atoms with E-state index in [2.05, 4.69) is 20.8 Å². The van der Waals surface area contributed by atoms with Crippen molar-refractivity contribution in [1.82, 2.24) is 15.1 Å². The molecule has 0 aliphatic carbocycles. The van der Waals surface area contributed by atoms with E-state index in [0.29, 0.717) is 29.9 Å². The lowest BCUT2D eigenvalue weighted by molar-refractivity contribution is -0.114. The van der Waals surface area contributed by atoms with Crippen molar-refractivity contribution >= 4 is 29.3 Å². The maximum atomic E-state index is 12.7. The zero-order valence-electron chi connectivity index (χ0n) is 17.0. The van der Waals surface area contributed by atoms with Crippen LogP contribution in [0.1, 0.15) is 49.4 Å². The van der Waals surface area contributed by atoms with Gasteiger partial charge in [0.25, 0.3) is 5.91 Å². The van der Waals surface area contributed by atoms with Gasteiger partial charge in [0.2, 0.25) is 5.91 Å². The number of benzene rings is 1. The Balaban J connectivity index is 1.70. The van der Waals surface area contributed by atoms with Crippen LogP contribution in [0.4, 0.5) is 16.2 Å². The fourth-order valence-electron chi connectivity index (χ4n) is 3.00. The van der Waals surface area contributed by atoms with E-state index in [1.54, 1.807) is 29.2 Å². The molecule has 1 aromatic heterocycles. The average molecular weight is 399 g/mol. The van der Waals surface area contributed by atoms with Crippen molar-refractivity contribution in [3.05, 3.63) is 41.2 Å². The van der Waals surface area contributed by atoms with Gasteiger partial charge in [-0.05, 0) is 45.0 Å². The van der Waals surface area contributed by atoms with Gasteiger partial charge in [0.15, 0.2) is 5.69 Å². The molecule has 0 radical (unpaired) electrons. The van der Waals surface area contributed by atoms with Crippen LogP contribution >= 0.6 is 0 Å². The molecule has 0 unspecified atom stereocenters. The number of nitrogens with zero attached hydrogens (tertiary/aromatic N) is 2. The van der Waals surface area contributed by atoms with Crippen LogP contribution in [0.15, 0.2) is 24.3 Å². The number of carbonyl (C=O) groups is 3. The van der Waals surface area contributed by atoms with Gasteiger partial charge in [-0.2, -0.15) is 5.10 Å². The smallest absolute Gasteiger partial charge is 0.410 e. The Bertz CT molecular complexity index is 927. The fraction of sp³-hybridized carbons (Fsp3) is 0.400. The van der Waals surface area contributed by atoms with Crippen molar-refractivity contribution < 1.29 is 19.1 Å². The van der Waals surface area contributed by atoms with E-state index in [1.807, 2.05) is 20.8 Å². The number of hydrogen-bond donors (Lipinski definition) is 3. The molecule has 0 spiro atoms. The topological polar surface area (TPSA) is 116 Å². The second-order valence-electron chi connectivity index (χ2n) is 7.89. The van der Waals surface area contributed by atoms with Crippen LogP contribution in [0.3, 0.4) is 0 Å². The lowest BCUT2D eigenvalue weighted by Crippen LogP contribution is -2.40. The molecule has 1 aromatic carbocycles. The summed E-state index contributed by atoms with van der Waals surface area (Å²) in [5.41, 5.74) is 2.41. The molecule has 0 bridgehead atoms. The third kappa shape index (κ3) is 5.13. The summed E-state index contributed by atoms with van der Waals surface area (Å²) < 4.78 is 5.43. The van der Waals surface area contributed by atoms with Gasteiger partial charge < -0.3 is 20.3 Å². The summed E-state index contributed by atoms with van der Waals surface area (Å²) in [5.74, 6) is -0.541. The number of H-pyrrole nitrogens is 1. The molecule has 3 amide bonds. The summed E-state index contributed by atoms with van der Waals surface area (Å²) in [6, 6.07) is 6.77. The summed E-state index contributed by atoms with van der Waals surface area (Å²) in [7, 11) is 0. The van der Waals surface area contributed by atoms with Crippen LogP contribution in [-0.4, -0.2) is 45.2 Å². The van der Waals surface area contributed by atoms with E-state index < -0.39 is 11.7 Å². The van der Waals surface area contributed by atoms with Crippen molar-refractivity contribution in [2.45, 2.75) is 46.3 Å². The third-order valence-electron chi connectivity index (χ3n) is 4.26. The van der Waals surface area contributed by atoms with Crippen LogP contribution in [-0.2, 0) is 22.5 Å². The largest absolute Gasteiger partial charge is 0.444 e. The van der Waals surface area contributed by atoms with E-state index in [4.69, 9.17) is 4.74 Å². The zero-order chi connectivity index (χ0) is 21.2. The Hall–Kier alpha value is -3.36. The number of anilines is 2. The maximum Gasteiger partial charge on any atom is 0.410 e. The van der Waals surface area contributed by atoms with E-state index in [0.717, 1.165) is 5.69 Å². The molecule has 0 atom stereocenters. The van der Waals surface area contributed by atoms with Crippen LogP contribution in [0.2, 0.25) is 0 Å². The van der Waals surface area contributed by atoms with Crippen LogP contribution in [0.5, 0.6) is 0 Å². The van der Waals surface area contributed by atoms with Gasteiger partial charge in [0.05, 0.1) is 6.54 Å². The first-order valence-electron chi connectivity index (χ1n) is 9.35. The molecular formula is C20H25N5O4. The third-order valence-corrected chi connectivity index (χ3v) is 4.26.